The highest BCUT2D eigenvalue weighted by Gasteiger charge is 2.40. The molecule has 8 heteroatoms. The summed E-state index contributed by atoms with van der Waals surface area (Å²) in [5, 5.41) is 3.57. The lowest BCUT2D eigenvalue weighted by atomic mass is 9.94. The number of sulfonamides is 1. The number of nitrogens with zero attached hydrogens (tertiary/aromatic N) is 3. The molecule has 1 aliphatic rings. The predicted molar refractivity (Wildman–Crippen MR) is 99.4 cm³/mol. The lowest BCUT2D eigenvalue weighted by molar-refractivity contribution is 0.146. The summed E-state index contributed by atoms with van der Waals surface area (Å²) in [6.45, 7) is 4.80. The van der Waals surface area contributed by atoms with Crippen molar-refractivity contribution >= 4 is 10.0 Å². The molecular formula is C18H26N4O3S. The van der Waals surface area contributed by atoms with Crippen molar-refractivity contribution in [2.24, 2.45) is 7.05 Å². The van der Waals surface area contributed by atoms with E-state index < -0.39 is 10.0 Å². The summed E-state index contributed by atoms with van der Waals surface area (Å²) in [4.78, 5) is 4.03. The van der Waals surface area contributed by atoms with Gasteiger partial charge in [0.05, 0.1) is 12.9 Å². The van der Waals surface area contributed by atoms with Crippen LogP contribution in [-0.4, -0.2) is 61.2 Å². The van der Waals surface area contributed by atoms with Gasteiger partial charge in [-0.05, 0) is 12.5 Å². The van der Waals surface area contributed by atoms with Crippen molar-refractivity contribution < 1.29 is 13.2 Å². The zero-order chi connectivity index (χ0) is 18.6. The number of hydrogen-bond donors (Lipinski definition) is 1. The number of hydrogen-bond acceptors (Lipinski definition) is 5. The molecule has 0 radical (unpaired) electrons. The first kappa shape index (κ1) is 19.0. The molecule has 0 aliphatic carbocycles. The summed E-state index contributed by atoms with van der Waals surface area (Å²) in [5.41, 5.74) is 1.14. The van der Waals surface area contributed by atoms with Crippen LogP contribution in [0, 0.1) is 0 Å². The van der Waals surface area contributed by atoms with Crippen molar-refractivity contribution in [1.82, 2.24) is 19.2 Å². The SMILES string of the molecule is CCOCCN[C@H]1CN(S(=O)(=O)c2cn(C)cn2)C[C@@H]1c1ccccc1. The normalized spacial score (nSPS) is 21.3. The standard InChI is InChI=1S/C18H26N4O3S/c1-3-25-10-9-19-17-12-22(11-16(17)15-7-5-4-6-8-15)26(23,24)18-13-21(2)14-20-18/h4-8,13-14,16-17,19H,3,9-12H2,1-2H3/t16-,17+/m1/s1. The van der Waals surface area contributed by atoms with Gasteiger partial charge in [0, 0.05) is 51.4 Å². The van der Waals surface area contributed by atoms with E-state index in [4.69, 9.17) is 4.74 Å². The molecule has 1 fully saturated rings. The largest absolute Gasteiger partial charge is 0.380 e. The predicted octanol–water partition coefficient (Wildman–Crippen LogP) is 1.20. The molecule has 2 atom stereocenters. The highest BCUT2D eigenvalue weighted by atomic mass is 32.2. The summed E-state index contributed by atoms with van der Waals surface area (Å²) in [7, 11) is -1.83. The van der Waals surface area contributed by atoms with Crippen LogP contribution in [0.4, 0.5) is 0 Å². The van der Waals surface area contributed by atoms with Gasteiger partial charge in [0.15, 0.2) is 5.03 Å². The van der Waals surface area contributed by atoms with E-state index in [1.54, 1.807) is 17.8 Å². The fourth-order valence-electron chi connectivity index (χ4n) is 3.32. The van der Waals surface area contributed by atoms with Crippen molar-refractivity contribution in [3.8, 4) is 0 Å². The third-order valence-electron chi connectivity index (χ3n) is 4.66. The highest BCUT2D eigenvalue weighted by Crippen LogP contribution is 2.31. The third kappa shape index (κ3) is 4.15. The van der Waals surface area contributed by atoms with Crippen LogP contribution >= 0.6 is 0 Å². The van der Waals surface area contributed by atoms with E-state index in [1.165, 1.54) is 10.6 Å². The molecule has 1 saturated heterocycles. The zero-order valence-corrected chi connectivity index (χ0v) is 16.0. The molecule has 1 aromatic carbocycles. The molecule has 7 nitrogen and oxygen atoms in total. The summed E-state index contributed by atoms with van der Waals surface area (Å²) in [6.07, 6.45) is 3.05. The van der Waals surface area contributed by atoms with Crippen LogP contribution in [0.5, 0.6) is 0 Å². The first-order chi connectivity index (χ1) is 12.5. The van der Waals surface area contributed by atoms with Crippen molar-refractivity contribution in [3.63, 3.8) is 0 Å². The maximum Gasteiger partial charge on any atom is 0.262 e. The molecule has 142 valence electrons. The van der Waals surface area contributed by atoms with Gasteiger partial charge in [-0.3, -0.25) is 0 Å². The van der Waals surface area contributed by atoms with Crippen LogP contribution in [0.15, 0.2) is 47.9 Å². The number of ether oxygens (including phenoxy) is 1. The monoisotopic (exact) mass is 378 g/mol. The van der Waals surface area contributed by atoms with Gasteiger partial charge in [0.1, 0.15) is 0 Å². The van der Waals surface area contributed by atoms with Crippen molar-refractivity contribution in [2.75, 3.05) is 32.8 Å². The molecule has 0 amide bonds. The van der Waals surface area contributed by atoms with Crippen molar-refractivity contribution in [1.29, 1.82) is 0 Å². The topological polar surface area (TPSA) is 76.5 Å². The highest BCUT2D eigenvalue weighted by molar-refractivity contribution is 7.89. The Morgan fingerprint density at radius 2 is 2.04 bits per heavy atom. The van der Waals surface area contributed by atoms with Crippen LogP contribution < -0.4 is 5.32 Å². The molecule has 2 heterocycles. The van der Waals surface area contributed by atoms with Crippen LogP contribution in [0.3, 0.4) is 0 Å². The van der Waals surface area contributed by atoms with Crippen molar-refractivity contribution in [3.05, 3.63) is 48.4 Å². The van der Waals surface area contributed by atoms with E-state index >= 15 is 0 Å². The minimum Gasteiger partial charge on any atom is -0.380 e. The van der Waals surface area contributed by atoms with Crippen molar-refractivity contribution in [2.45, 2.75) is 23.9 Å². The maximum absolute atomic E-state index is 12.9. The van der Waals surface area contributed by atoms with Gasteiger partial charge in [-0.15, -0.1) is 0 Å². The van der Waals surface area contributed by atoms with E-state index in [0.717, 1.165) is 5.56 Å². The van der Waals surface area contributed by atoms with E-state index in [2.05, 4.69) is 22.4 Å². The Hall–Kier alpha value is -1.74. The molecular weight excluding hydrogens is 352 g/mol. The summed E-state index contributed by atoms with van der Waals surface area (Å²) < 4.78 is 34.5. The Morgan fingerprint density at radius 3 is 2.69 bits per heavy atom. The van der Waals surface area contributed by atoms with Crippen LogP contribution in [0.1, 0.15) is 18.4 Å². The van der Waals surface area contributed by atoms with Gasteiger partial charge >= 0.3 is 0 Å². The van der Waals surface area contributed by atoms with Gasteiger partial charge in [0.25, 0.3) is 10.0 Å². The maximum atomic E-state index is 12.9. The number of aromatic nitrogens is 2. The molecule has 0 unspecified atom stereocenters. The Morgan fingerprint density at radius 1 is 1.27 bits per heavy atom. The average Bonchev–Trinajstić information content (AvgIpc) is 3.27. The van der Waals surface area contributed by atoms with Gasteiger partial charge in [-0.1, -0.05) is 30.3 Å². The number of benzene rings is 1. The van der Waals surface area contributed by atoms with Gasteiger partial charge in [-0.2, -0.15) is 4.31 Å². The second-order valence-electron chi connectivity index (χ2n) is 6.47. The van der Waals surface area contributed by atoms with Crippen LogP contribution in [-0.2, 0) is 21.8 Å². The average molecular weight is 378 g/mol. The second kappa shape index (κ2) is 8.30. The third-order valence-corrected chi connectivity index (χ3v) is 6.37. The minimum absolute atomic E-state index is 0.0383. The second-order valence-corrected chi connectivity index (χ2v) is 8.36. The van der Waals surface area contributed by atoms with Crippen LogP contribution in [0.2, 0.25) is 0 Å². The van der Waals surface area contributed by atoms with E-state index in [1.807, 2.05) is 25.1 Å². The molecule has 0 saturated carbocycles. The van der Waals surface area contributed by atoms with Gasteiger partial charge in [0.2, 0.25) is 0 Å². The molecule has 0 spiro atoms. The first-order valence-electron chi connectivity index (χ1n) is 8.86. The molecule has 2 aromatic rings. The van der Waals surface area contributed by atoms with E-state index in [-0.39, 0.29) is 17.0 Å². The fourth-order valence-corrected chi connectivity index (χ4v) is 4.78. The van der Waals surface area contributed by atoms with Gasteiger partial charge in [-0.25, -0.2) is 13.4 Å². The molecule has 26 heavy (non-hydrogen) atoms. The summed E-state index contributed by atoms with van der Waals surface area (Å²) in [5.74, 6) is 0.0938. The zero-order valence-electron chi connectivity index (χ0n) is 15.2. The van der Waals surface area contributed by atoms with E-state index in [9.17, 15) is 8.42 Å². The number of imidazole rings is 1. The number of nitrogens with one attached hydrogen (secondary N) is 1. The summed E-state index contributed by atoms with van der Waals surface area (Å²) in [6, 6.07) is 10.1. The number of rotatable bonds is 8. The van der Waals surface area contributed by atoms with E-state index in [0.29, 0.717) is 32.8 Å². The molecule has 1 N–H and O–H groups in total. The molecule has 0 bridgehead atoms. The Bertz CT molecular complexity index is 807. The fraction of sp³-hybridized carbons (Fsp3) is 0.500. The lowest BCUT2D eigenvalue weighted by Crippen LogP contribution is -2.38. The Labute approximate surface area is 155 Å². The smallest absolute Gasteiger partial charge is 0.262 e. The lowest BCUT2D eigenvalue weighted by Gasteiger charge is -2.20. The number of aryl methyl sites for hydroxylation is 1. The van der Waals surface area contributed by atoms with Crippen LogP contribution in [0.25, 0.3) is 0 Å². The Kier molecular flexibility index (Phi) is 6.08. The first-order valence-corrected chi connectivity index (χ1v) is 10.3. The summed E-state index contributed by atoms with van der Waals surface area (Å²) >= 11 is 0. The molecule has 3 rings (SSSR count). The van der Waals surface area contributed by atoms with Gasteiger partial charge < -0.3 is 14.6 Å². The minimum atomic E-state index is -3.60. The Balaban J connectivity index is 1.79. The quantitative estimate of drug-likeness (QED) is 0.699. The molecule has 1 aromatic heterocycles. The molecule has 1 aliphatic heterocycles.